The van der Waals surface area contributed by atoms with Crippen molar-refractivity contribution >= 4 is 16.9 Å². The maximum atomic E-state index is 11.9. The van der Waals surface area contributed by atoms with Crippen molar-refractivity contribution in [2.75, 3.05) is 6.54 Å². The van der Waals surface area contributed by atoms with Crippen molar-refractivity contribution in [3.05, 3.63) is 64.8 Å². The molecule has 2 heterocycles. The highest BCUT2D eigenvalue weighted by Crippen LogP contribution is 2.15. The number of fused-ring (bicyclic) bond motifs is 1. The lowest BCUT2D eigenvalue weighted by Gasteiger charge is -2.09. The minimum absolute atomic E-state index is 0.0483. The Kier molecular flexibility index (Phi) is 4.74. The summed E-state index contributed by atoms with van der Waals surface area (Å²) in [6.45, 7) is 3.39. The molecular formula is C18H20N4O2. The van der Waals surface area contributed by atoms with Crippen LogP contribution in [0.4, 0.5) is 0 Å². The van der Waals surface area contributed by atoms with Crippen molar-refractivity contribution in [2.45, 2.75) is 26.4 Å². The molecule has 0 radical (unpaired) electrons. The van der Waals surface area contributed by atoms with Crippen LogP contribution in [-0.2, 0) is 17.9 Å². The zero-order chi connectivity index (χ0) is 16.9. The molecule has 124 valence electrons. The summed E-state index contributed by atoms with van der Waals surface area (Å²) in [6, 6.07) is 12.9. The third-order valence-electron chi connectivity index (χ3n) is 3.94. The number of hydrogen-bond donors (Lipinski definition) is 1. The van der Waals surface area contributed by atoms with Crippen LogP contribution in [0.2, 0.25) is 0 Å². The monoisotopic (exact) mass is 324 g/mol. The standard InChI is InChI=1S/C18H20N4O2/c1-14-20-15-7-2-3-8-16(15)22(14)12-6-10-19-17(23)13-21-11-5-4-9-18(21)24/h2-5,7-9,11H,6,10,12-13H2,1H3,(H,19,23). The van der Waals surface area contributed by atoms with Crippen LogP contribution >= 0.6 is 0 Å². The molecule has 6 nitrogen and oxygen atoms in total. The summed E-state index contributed by atoms with van der Waals surface area (Å²) in [7, 11) is 0. The van der Waals surface area contributed by atoms with Gasteiger partial charge in [-0.2, -0.15) is 0 Å². The molecule has 24 heavy (non-hydrogen) atoms. The molecule has 0 aliphatic rings. The molecule has 6 heteroatoms. The molecule has 0 spiro atoms. The van der Waals surface area contributed by atoms with E-state index < -0.39 is 0 Å². The number of nitrogens with one attached hydrogen (secondary N) is 1. The summed E-state index contributed by atoms with van der Waals surface area (Å²) >= 11 is 0. The van der Waals surface area contributed by atoms with Crippen LogP contribution in [0.3, 0.4) is 0 Å². The number of carbonyl (C=O) groups is 1. The Bertz CT molecular complexity index is 911. The van der Waals surface area contributed by atoms with E-state index in [4.69, 9.17) is 0 Å². The number of imidazole rings is 1. The van der Waals surface area contributed by atoms with Crippen molar-refractivity contribution in [2.24, 2.45) is 0 Å². The first-order valence-corrected chi connectivity index (χ1v) is 7.99. The zero-order valence-electron chi connectivity index (χ0n) is 13.6. The molecular weight excluding hydrogens is 304 g/mol. The van der Waals surface area contributed by atoms with Crippen molar-refractivity contribution in [1.29, 1.82) is 0 Å². The van der Waals surface area contributed by atoms with Gasteiger partial charge in [-0.1, -0.05) is 18.2 Å². The fraction of sp³-hybridized carbons (Fsp3) is 0.278. The smallest absolute Gasteiger partial charge is 0.250 e. The third-order valence-corrected chi connectivity index (χ3v) is 3.94. The van der Waals surface area contributed by atoms with Crippen molar-refractivity contribution < 1.29 is 4.79 Å². The Labute approximate surface area is 139 Å². The largest absolute Gasteiger partial charge is 0.354 e. The number of benzene rings is 1. The molecule has 0 bridgehead atoms. The zero-order valence-corrected chi connectivity index (χ0v) is 13.6. The molecule has 3 rings (SSSR count). The summed E-state index contributed by atoms with van der Waals surface area (Å²) in [5, 5.41) is 2.86. The second-order valence-corrected chi connectivity index (χ2v) is 5.67. The van der Waals surface area contributed by atoms with Crippen molar-refractivity contribution in [1.82, 2.24) is 19.4 Å². The van der Waals surface area contributed by atoms with E-state index >= 15 is 0 Å². The van der Waals surface area contributed by atoms with Gasteiger partial charge in [0.2, 0.25) is 5.91 Å². The van der Waals surface area contributed by atoms with Gasteiger partial charge in [0.1, 0.15) is 12.4 Å². The SMILES string of the molecule is Cc1nc2ccccc2n1CCCNC(=O)Cn1ccccc1=O. The predicted molar refractivity (Wildman–Crippen MR) is 92.8 cm³/mol. The average molecular weight is 324 g/mol. The molecule has 0 saturated heterocycles. The first-order chi connectivity index (χ1) is 11.6. The first-order valence-electron chi connectivity index (χ1n) is 7.99. The van der Waals surface area contributed by atoms with Crippen LogP contribution in [0.15, 0.2) is 53.5 Å². The van der Waals surface area contributed by atoms with Gasteiger partial charge in [-0.25, -0.2) is 4.98 Å². The van der Waals surface area contributed by atoms with Crippen LogP contribution in [0.25, 0.3) is 11.0 Å². The number of aromatic nitrogens is 3. The topological polar surface area (TPSA) is 68.9 Å². The Morgan fingerprint density at radius 3 is 2.79 bits per heavy atom. The number of amides is 1. The average Bonchev–Trinajstić information content (AvgIpc) is 2.89. The van der Waals surface area contributed by atoms with Gasteiger partial charge in [-0.05, 0) is 31.5 Å². The maximum Gasteiger partial charge on any atom is 0.250 e. The molecule has 0 unspecified atom stereocenters. The highest BCUT2D eigenvalue weighted by molar-refractivity contribution is 5.76. The minimum atomic E-state index is -0.173. The van der Waals surface area contributed by atoms with Gasteiger partial charge in [-0.3, -0.25) is 9.59 Å². The lowest BCUT2D eigenvalue weighted by Crippen LogP contribution is -2.32. The van der Waals surface area contributed by atoms with E-state index in [1.165, 1.54) is 10.6 Å². The lowest BCUT2D eigenvalue weighted by molar-refractivity contribution is -0.121. The Morgan fingerprint density at radius 1 is 1.17 bits per heavy atom. The Morgan fingerprint density at radius 2 is 1.96 bits per heavy atom. The highest BCUT2D eigenvalue weighted by Gasteiger charge is 2.07. The van der Waals surface area contributed by atoms with Gasteiger partial charge in [0.05, 0.1) is 11.0 Å². The number of aryl methyl sites for hydroxylation is 2. The van der Waals surface area contributed by atoms with E-state index in [0.717, 1.165) is 29.8 Å². The predicted octanol–water partition coefficient (Wildman–Crippen LogP) is 1.71. The van der Waals surface area contributed by atoms with E-state index in [1.807, 2.05) is 25.1 Å². The molecule has 0 aliphatic heterocycles. The Hall–Kier alpha value is -2.89. The lowest BCUT2D eigenvalue weighted by atomic mass is 10.3. The van der Waals surface area contributed by atoms with Crippen LogP contribution in [-0.4, -0.2) is 26.6 Å². The van der Waals surface area contributed by atoms with Gasteiger partial charge in [0, 0.05) is 25.4 Å². The third kappa shape index (κ3) is 3.53. The van der Waals surface area contributed by atoms with Crippen LogP contribution in [0, 0.1) is 6.92 Å². The van der Waals surface area contributed by atoms with Gasteiger partial charge >= 0.3 is 0 Å². The van der Waals surface area contributed by atoms with E-state index in [2.05, 4.69) is 20.9 Å². The van der Waals surface area contributed by atoms with Gasteiger partial charge in [0.25, 0.3) is 5.56 Å². The van der Waals surface area contributed by atoms with E-state index in [9.17, 15) is 9.59 Å². The molecule has 1 aromatic carbocycles. The summed E-state index contributed by atoms with van der Waals surface area (Å²) in [6.07, 6.45) is 2.42. The fourth-order valence-electron chi connectivity index (χ4n) is 2.75. The maximum absolute atomic E-state index is 11.9. The molecule has 2 aromatic heterocycles. The van der Waals surface area contributed by atoms with Crippen molar-refractivity contribution in [3.63, 3.8) is 0 Å². The number of nitrogens with zero attached hydrogens (tertiary/aromatic N) is 3. The minimum Gasteiger partial charge on any atom is -0.354 e. The van der Waals surface area contributed by atoms with Gasteiger partial charge in [-0.15, -0.1) is 0 Å². The highest BCUT2D eigenvalue weighted by atomic mass is 16.2. The summed E-state index contributed by atoms with van der Waals surface area (Å²) in [5.74, 6) is 0.814. The molecule has 3 aromatic rings. The van der Waals surface area contributed by atoms with Gasteiger partial charge in [0.15, 0.2) is 0 Å². The molecule has 0 aliphatic carbocycles. The summed E-state index contributed by atoms with van der Waals surface area (Å²) in [5.41, 5.74) is 1.92. The van der Waals surface area contributed by atoms with Crippen LogP contribution < -0.4 is 10.9 Å². The normalized spacial score (nSPS) is 10.9. The molecule has 0 saturated carbocycles. The van der Waals surface area contributed by atoms with E-state index in [0.29, 0.717) is 6.54 Å². The number of carbonyl (C=O) groups excluding carboxylic acids is 1. The van der Waals surface area contributed by atoms with E-state index in [-0.39, 0.29) is 18.0 Å². The van der Waals surface area contributed by atoms with Crippen LogP contribution in [0.1, 0.15) is 12.2 Å². The number of rotatable bonds is 6. The Balaban J connectivity index is 1.52. The fourth-order valence-corrected chi connectivity index (χ4v) is 2.75. The molecule has 0 fully saturated rings. The molecule has 1 N–H and O–H groups in total. The first kappa shape index (κ1) is 16.0. The number of hydrogen-bond acceptors (Lipinski definition) is 3. The quantitative estimate of drug-likeness (QED) is 0.702. The van der Waals surface area contributed by atoms with Crippen LogP contribution in [0.5, 0.6) is 0 Å². The number of pyridine rings is 1. The van der Waals surface area contributed by atoms with E-state index in [1.54, 1.807) is 18.3 Å². The van der Waals surface area contributed by atoms with Crippen molar-refractivity contribution in [3.8, 4) is 0 Å². The molecule has 1 amide bonds. The second-order valence-electron chi connectivity index (χ2n) is 5.67. The summed E-state index contributed by atoms with van der Waals surface area (Å²) in [4.78, 5) is 28.0. The summed E-state index contributed by atoms with van der Waals surface area (Å²) < 4.78 is 3.55. The second kappa shape index (κ2) is 7.12. The number of para-hydroxylation sites is 2. The van der Waals surface area contributed by atoms with Gasteiger partial charge < -0.3 is 14.5 Å². The molecule has 0 atom stereocenters.